The standard InChI is InChI=1S/C36H31NO11/c1-14(2)26-21-8-17-7-20-18(15-3-5-22-24(9-15)47-12-45-22)11-19(16-4-6-23-25(10-16)48-13-46-23)30(38)28(20)32(40)27(17)33(41)36(21,44)34(42)29(31(26)39)35(37)43/h3-6,9-11,14,17,21,26,38,40,42,44H,7-8,12-13H2,1-2H3,(H2,37,43)/t17-,21-,26-,36-/m0/s1. The minimum Gasteiger partial charge on any atom is -0.508 e. The molecule has 3 aromatic rings. The smallest absolute Gasteiger partial charge is 0.255 e. The van der Waals surface area contributed by atoms with Crippen molar-refractivity contribution in [2.75, 3.05) is 13.6 Å². The maximum atomic E-state index is 14.4. The quantitative estimate of drug-likeness (QED) is 0.255. The van der Waals surface area contributed by atoms with Gasteiger partial charge in [-0.15, -0.1) is 0 Å². The Morgan fingerprint density at radius 2 is 1.46 bits per heavy atom. The Morgan fingerprint density at radius 3 is 2.04 bits per heavy atom. The number of benzene rings is 3. The summed E-state index contributed by atoms with van der Waals surface area (Å²) in [4.78, 5) is 40.2. The lowest BCUT2D eigenvalue weighted by Gasteiger charge is -2.50. The first-order valence-corrected chi connectivity index (χ1v) is 15.6. The molecule has 1 fully saturated rings. The Labute approximate surface area is 273 Å². The number of phenols is 1. The number of ether oxygens (including phenoxy) is 4. The van der Waals surface area contributed by atoms with Crippen LogP contribution in [0.3, 0.4) is 0 Å². The first-order valence-electron chi connectivity index (χ1n) is 15.6. The third kappa shape index (κ3) is 3.95. The van der Waals surface area contributed by atoms with Crippen molar-refractivity contribution < 1.29 is 53.8 Å². The van der Waals surface area contributed by atoms with E-state index in [1.807, 2.05) is 6.07 Å². The van der Waals surface area contributed by atoms with Gasteiger partial charge in [-0.1, -0.05) is 26.0 Å². The maximum absolute atomic E-state index is 14.4. The van der Waals surface area contributed by atoms with E-state index in [0.717, 1.165) is 0 Å². The van der Waals surface area contributed by atoms with Gasteiger partial charge in [0.05, 0.1) is 5.56 Å². The van der Waals surface area contributed by atoms with Gasteiger partial charge >= 0.3 is 0 Å². The molecule has 2 heterocycles. The number of aromatic hydroxyl groups is 1. The summed E-state index contributed by atoms with van der Waals surface area (Å²) in [6, 6.07) is 12.3. The summed E-state index contributed by atoms with van der Waals surface area (Å²) >= 11 is 0. The summed E-state index contributed by atoms with van der Waals surface area (Å²) in [6.45, 7) is 3.55. The molecule has 6 N–H and O–H groups in total. The zero-order valence-electron chi connectivity index (χ0n) is 25.9. The monoisotopic (exact) mass is 653 g/mol. The lowest BCUT2D eigenvalue weighted by Crippen LogP contribution is -2.62. The van der Waals surface area contributed by atoms with Gasteiger partial charge < -0.3 is 45.1 Å². The highest BCUT2D eigenvalue weighted by Crippen LogP contribution is 2.57. The highest BCUT2D eigenvalue weighted by Gasteiger charge is 2.64. The molecule has 246 valence electrons. The van der Waals surface area contributed by atoms with Gasteiger partial charge in [-0.2, -0.15) is 0 Å². The molecule has 12 heteroatoms. The Kier molecular flexibility index (Phi) is 6.38. The van der Waals surface area contributed by atoms with Crippen molar-refractivity contribution >= 4 is 23.2 Å². The van der Waals surface area contributed by atoms with E-state index in [0.29, 0.717) is 50.8 Å². The van der Waals surface area contributed by atoms with Crippen LogP contribution in [0.5, 0.6) is 28.7 Å². The highest BCUT2D eigenvalue weighted by atomic mass is 16.7. The van der Waals surface area contributed by atoms with Crippen LogP contribution >= 0.6 is 0 Å². The van der Waals surface area contributed by atoms with Crippen molar-refractivity contribution in [3.63, 3.8) is 0 Å². The molecule has 12 nitrogen and oxygen atoms in total. The zero-order chi connectivity index (χ0) is 33.8. The van der Waals surface area contributed by atoms with Crippen LogP contribution in [-0.4, -0.2) is 57.1 Å². The first-order chi connectivity index (χ1) is 22.9. The summed E-state index contributed by atoms with van der Waals surface area (Å²) in [5.41, 5.74) is 4.39. The minimum absolute atomic E-state index is 0.0109. The Balaban J connectivity index is 1.37. The predicted molar refractivity (Wildman–Crippen MR) is 168 cm³/mol. The molecular weight excluding hydrogens is 622 g/mol. The summed E-state index contributed by atoms with van der Waals surface area (Å²) in [5.74, 6) is -6.28. The molecule has 0 saturated heterocycles. The summed E-state index contributed by atoms with van der Waals surface area (Å²) in [7, 11) is 0. The summed E-state index contributed by atoms with van der Waals surface area (Å²) in [5, 5.41) is 47.1. The van der Waals surface area contributed by atoms with Gasteiger partial charge in [0.2, 0.25) is 19.4 Å². The summed E-state index contributed by atoms with van der Waals surface area (Å²) in [6.07, 6.45) is 0.148. The number of rotatable bonds is 4. The molecule has 3 aromatic carbocycles. The topological polar surface area (TPSA) is 195 Å². The number of ketones is 2. The molecule has 2 aliphatic heterocycles. The average Bonchev–Trinajstić information content (AvgIpc) is 3.71. The molecule has 0 radical (unpaired) electrons. The number of fused-ring (bicyclic) bond motifs is 5. The number of carbonyl (C=O) groups excluding carboxylic acids is 3. The number of primary amides is 1. The van der Waals surface area contributed by atoms with Crippen LogP contribution in [0.1, 0.15) is 31.4 Å². The van der Waals surface area contributed by atoms with E-state index in [1.54, 1.807) is 50.2 Å². The molecule has 0 unspecified atom stereocenters. The second-order valence-corrected chi connectivity index (χ2v) is 13.1. The third-order valence-electron chi connectivity index (χ3n) is 10.3. The van der Waals surface area contributed by atoms with Gasteiger partial charge in [-0.05, 0) is 77.3 Å². The molecule has 5 aliphatic rings. The van der Waals surface area contributed by atoms with Crippen LogP contribution in [-0.2, 0) is 20.8 Å². The number of aliphatic hydroxyl groups excluding tert-OH is 2. The van der Waals surface area contributed by atoms with Gasteiger partial charge in [0, 0.05) is 23.0 Å². The number of nitrogens with two attached hydrogens (primary N) is 1. The van der Waals surface area contributed by atoms with Crippen LogP contribution in [0.2, 0.25) is 0 Å². The van der Waals surface area contributed by atoms with Crippen molar-refractivity contribution in [2.45, 2.75) is 32.3 Å². The number of aliphatic hydroxyl groups is 3. The average molecular weight is 654 g/mol. The second-order valence-electron chi connectivity index (χ2n) is 13.1. The number of carbonyl (C=O) groups is 3. The number of phenolic OH excluding ortho intramolecular Hbond substituents is 1. The van der Waals surface area contributed by atoms with Crippen LogP contribution in [0.25, 0.3) is 28.0 Å². The molecule has 0 spiro atoms. The fourth-order valence-electron chi connectivity index (χ4n) is 8.16. The predicted octanol–water partition coefficient (Wildman–Crippen LogP) is 4.10. The van der Waals surface area contributed by atoms with Crippen molar-refractivity contribution in [1.29, 1.82) is 0 Å². The molecular formula is C36H31NO11. The molecule has 8 rings (SSSR count). The van der Waals surface area contributed by atoms with Crippen LogP contribution in [0.4, 0.5) is 0 Å². The minimum atomic E-state index is -2.70. The molecule has 4 atom stereocenters. The lowest BCUT2D eigenvalue weighted by atomic mass is 9.54. The van der Waals surface area contributed by atoms with Crippen LogP contribution in [0, 0.1) is 23.7 Å². The van der Waals surface area contributed by atoms with E-state index in [-0.39, 0.29) is 43.3 Å². The fourth-order valence-corrected chi connectivity index (χ4v) is 8.16. The number of amides is 1. The number of Topliss-reactive ketones (excluding diaryl/α,β-unsaturated/α-hetero) is 2. The first kappa shape index (κ1) is 29.9. The van der Waals surface area contributed by atoms with Crippen molar-refractivity contribution in [3.8, 4) is 51.0 Å². The Hall–Kier alpha value is -5.49. The third-order valence-corrected chi connectivity index (χ3v) is 10.3. The lowest BCUT2D eigenvalue weighted by molar-refractivity contribution is -0.155. The van der Waals surface area contributed by atoms with E-state index in [2.05, 4.69) is 0 Å². The molecule has 1 saturated carbocycles. The van der Waals surface area contributed by atoms with Gasteiger partial charge in [-0.3, -0.25) is 14.4 Å². The van der Waals surface area contributed by atoms with Gasteiger partial charge in [-0.25, -0.2) is 0 Å². The Bertz CT molecular complexity index is 2060. The number of hydrogen-bond donors (Lipinski definition) is 5. The van der Waals surface area contributed by atoms with Crippen molar-refractivity contribution in [2.24, 2.45) is 29.4 Å². The second kappa shape index (κ2) is 10.3. The number of hydrogen-bond acceptors (Lipinski definition) is 11. The normalized spacial score (nSPS) is 25.3. The van der Waals surface area contributed by atoms with E-state index in [1.165, 1.54) is 0 Å². The zero-order valence-corrected chi connectivity index (χ0v) is 25.9. The van der Waals surface area contributed by atoms with E-state index >= 15 is 0 Å². The maximum Gasteiger partial charge on any atom is 0.255 e. The van der Waals surface area contributed by atoms with E-state index < -0.39 is 63.8 Å². The van der Waals surface area contributed by atoms with Crippen LogP contribution in [0.15, 0.2) is 59.4 Å². The molecule has 48 heavy (non-hydrogen) atoms. The highest BCUT2D eigenvalue weighted by molar-refractivity contribution is 6.23. The molecule has 0 aromatic heterocycles. The van der Waals surface area contributed by atoms with Crippen LogP contribution < -0.4 is 24.7 Å². The van der Waals surface area contributed by atoms with E-state index in [4.69, 9.17) is 24.7 Å². The molecule has 0 bridgehead atoms. The van der Waals surface area contributed by atoms with Crippen molar-refractivity contribution in [3.05, 3.63) is 70.5 Å². The SMILES string of the molecule is CC(C)[C@@H]1C(=O)C(C(N)=O)=C(O)[C@@]2(O)C(=O)C3=C(O)c4c(O)c(-c5ccc6c(c5)OCO6)cc(-c5ccc6c(c5)OCO6)c4C[C@H]3C[C@@H]12. The Morgan fingerprint density at radius 1 is 0.875 bits per heavy atom. The molecule has 1 amide bonds. The largest absolute Gasteiger partial charge is 0.508 e. The van der Waals surface area contributed by atoms with Gasteiger partial charge in [0.15, 0.2) is 34.4 Å². The molecule has 3 aliphatic carbocycles. The van der Waals surface area contributed by atoms with E-state index in [9.17, 15) is 34.8 Å². The fraction of sp³-hybridized carbons (Fsp3) is 0.306. The van der Waals surface area contributed by atoms with Gasteiger partial charge in [0.1, 0.15) is 22.8 Å². The van der Waals surface area contributed by atoms with Gasteiger partial charge in [0.25, 0.3) is 5.91 Å². The summed E-state index contributed by atoms with van der Waals surface area (Å²) < 4.78 is 22.2. The van der Waals surface area contributed by atoms with Crippen molar-refractivity contribution in [1.82, 2.24) is 0 Å².